The summed E-state index contributed by atoms with van der Waals surface area (Å²) in [5.74, 6) is 0.0928. The van der Waals surface area contributed by atoms with Gasteiger partial charge in [0.2, 0.25) is 17.7 Å². The highest BCUT2D eigenvalue weighted by molar-refractivity contribution is 6.30. The van der Waals surface area contributed by atoms with Crippen molar-refractivity contribution in [3.8, 4) is 0 Å². The SMILES string of the molecule is O=C1CCC(=O)N1C1CC2CCC(C1)N2C(=O)CCc1cccc(Cl)c1. The van der Waals surface area contributed by atoms with Gasteiger partial charge in [0.05, 0.1) is 0 Å². The molecule has 0 N–H and O–H groups in total. The molecule has 138 valence electrons. The summed E-state index contributed by atoms with van der Waals surface area (Å²) in [5, 5.41) is 0.691. The number of imide groups is 1. The summed E-state index contributed by atoms with van der Waals surface area (Å²) in [7, 11) is 0. The third-order valence-electron chi connectivity index (χ3n) is 5.97. The van der Waals surface area contributed by atoms with Crippen LogP contribution in [0.3, 0.4) is 0 Å². The molecule has 1 aromatic carbocycles. The fraction of sp³-hybridized carbons (Fsp3) is 0.550. The predicted molar refractivity (Wildman–Crippen MR) is 97.5 cm³/mol. The number of nitrogens with zero attached hydrogens (tertiary/aromatic N) is 2. The Hall–Kier alpha value is -1.88. The lowest BCUT2D eigenvalue weighted by Gasteiger charge is -2.41. The van der Waals surface area contributed by atoms with Gasteiger partial charge in [-0.15, -0.1) is 0 Å². The molecule has 4 rings (SSSR count). The van der Waals surface area contributed by atoms with Crippen LogP contribution in [0.15, 0.2) is 24.3 Å². The largest absolute Gasteiger partial charge is 0.337 e. The number of aryl methyl sites for hydroxylation is 1. The van der Waals surface area contributed by atoms with Crippen LogP contribution in [0, 0.1) is 0 Å². The van der Waals surface area contributed by atoms with Crippen LogP contribution in [0.2, 0.25) is 5.02 Å². The Balaban J connectivity index is 1.39. The summed E-state index contributed by atoms with van der Waals surface area (Å²) in [6.45, 7) is 0. The highest BCUT2D eigenvalue weighted by Crippen LogP contribution is 2.39. The first-order chi connectivity index (χ1) is 12.5. The number of fused-ring (bicyclic) bond motifs is 2. The van der Waals surface area contributed by atoms with E-state index in [-0.39, 0.29) is 35.8 Å². The second kappa shape index (κ2) is 7.03. The van der Waals surface area contributed by atoms with E-state index < -0.39 is 0 Å². The lowest BCUT2D eigenvalue weighted by atomic mass is 9.95. The zero-order valence-electron chi connectivity index (χ0n) is 14.7. The molecule has 0 aliphatic carbocycles. The molecule has 3 fully saturated rings. The fourth-order valence-electron chi connectivity index (χ4n) is 4.84. The maximum Gasteiger partial charge on any atom is 0.229 e. The zero-order chi connectivity index (χ0) is 18.3. The van der Waals surface area contributed by atoms with E-state index in [0.717, 1.165) is 31.2 Å². The number of carbonyl (C=O) groups is 3. The molecular weight excluding hydrogens is 352 g/mol. The van der Waals surface area contributed by atoms with E-state index >= 15 is 0 Å². The third-order valence-corrected chi connectivity index (χ3v) is 6.20. The van der Waals surface area contributed by atoms with Crippen molar-refractivity contribution in [2.24, 2.45) is 0 Å². The van der Waals surface area contributed by atoms with Crippen molar-refractivity contribution in [3.63, 3.8) is 0 Å². The quantitative estimate of drug-likeness (QED) is 0.761. The molecule has 3 aliphatic rings. The Morgan fingerprint density at radius 3 is 2.31 bits per heavy atom. The Morgan fingerprint density at radius 2 is 1.69 bits per heavy atom. The Bertz CT molecular complexity index is 720. The van der Waals surface area contributed by atoms with Crippen LogP contribution < -0.4 is 0 Å². The summed E-state index contributed by atoms with van der Waals surface area (Å²) in [5.41, 5.74) is 1.07. The van der Waals surface area contributed by atoms with Crippen molar-refractivity contribution < 1.29 is 14.4 Å². The maximum absolute atomic E-state index is 12.8. The Labute approximate surface area is 158 Å². The molecule has 3 aliphatic heterocycles. The molecule has 0 saturated carbocycles. The number of carbonyl (C=O) groups excluding carboxylic acids is 3. The molecule has 6 heteroatoms. The number of amides is 3. The molecule has 26 heavy (non-hydrogen) atoms. The lowest BCUT2D eigenvalue weighted by Crippen LogP contribution is -2.53. The molecule has 1 aromatic rings. The average Bonchev–Trinajstić information content (AvgIpc) is 3.08. The standard InChI is InChI=1S/C20H23ClN2O3/c21-14-3-1-2-13(10-14)4-7-18(24)22-15-5-6-16(22)12-17(11-15)23-19(25)8-9-20(23)26/h1-3,10,15-17H,4-9,11-12H2. The molecule has 0 spiro atoms. The van der Waals surface area contributed by atoms with Crippen molar-refractivity contribution in [2.45, 2.75) is 69.5 Å². The molecule has 2 unspecified atom stereocenters. The number of benzene rings is 1. The molecule has 3 amide bonds. The molecule has 2 atom stereocenters. The van der Waals surface area contributed by atoms with Gasteiger partial charge in [-0.05, 0) is 49.8 Å². The highest BCUT2D eigenvalue weighted by Gasteiger charge is 2.47. The Morgan fingerprint density at radius 1 is 1.04 bits per heavy atom. The van der Waals surface area contributed by atoms with Gasteiger partial charge in [-0.1, -0.05) is 23.7 Å². The van der Waals surface area contributed by atoms with Gasteiger partial charge >= 0.3 is 0 Å². The molecular formula is C20H23ClN2O3. The summed E-state index contributed by atoms with van der Waals surface area (Å²) in [6.07, 6.45) is 5.25. The van der Waals surface area contributed by atoms with Gasteiger partial charge in [-0.25, -0.2) is 0 Å². The summed E-state index contributed by atoms with van der Waals surface area (Å²) in [4.78, 5) is 40.4. The number of hydrogen-bond acceptors (Lipinski definition) is 3. The first kappa shape index (κ1) is 17.5. The first-order valence-electron chi connectivity index (χ1n) is 9.43. The van der Waals surface area contributed by atoms with Gasteiger partial charge in [-0.3, -0.25) is 19.3 Å². The summed E-state index contributed by atoms with van der Waals surface area (Å²) in [6, 6.07) is 7.93. The highest BCUT2D eigenvalue weighted by atomic mass is 35.5. The van der Waals surface area contributed by atoms with E-state index in [4.69, 9.17) is 11.6 Å². The van der Waals surface area contributed by atoms with Crippen molar-refractivity contribution >= 4 is 29.3 Å². The van der Waals surface area contributed by atoms with Crippen LogP contribution in [-0.2, 0) is 20.8 Å². The van der Waals surface area contributed by atoms with Gasteiger partial charge in [0.1, 0.15) is 0 Å². The van der Waals surface area contributed by atoms with Gasteiger partial charge in [-0.2, -0.15) is 0 Å². The van der Waals surface area contributed by atoms with Crippen LogP contribution in [0.25, 0.3) is 0 Å². The molecule has 0 aromatic heterocycles. The predicted octanol–water partition coefficient (Wildman–Crippen LogP) is 2.94. The normalized spacial score (nSPS) is 28.1. The fourth-order valence-corrected chi connectivity index (χ4v) is 5.05. The topological polar surface area (TPSA) is 57.7 Å². The van der Waals surface area contributed by atoms with Crippen LogP contribution in [-0.4, -0.2) is 45.6 Å². The van der Waals surface area contributed by atoms with Gasteiger partial charge in [0.15, 0.2) is 0 Å². The molecule has 2 bridgehead atoms. The van der Waals surface area contributed by atoms with Crippen molar-refractivity contribution in [2.75, 3.05) is 0 Å². The minimum absolute atomic E-state index is 0.0213. The van der Waals surface area contributed by atoms with Crippen LogP contribution in [0.1, 0.15) is 50.5 Å². The van der Waals surface area contributed by atoms with Gasteiger partial charge < -0.3 is 4.90 Å². The van der Waals surface area contributed by atoms with E-state index in [9.17, 15) is 14.4 Å². The van der Waals surface area contributed by atoms with Gasteiger partial charge in [0.25, 0.3) is 0 Å². The van der Waals surface area contributed by atoms with Crippen molar-refractivity contribution in [3.05, 3.63) is 34.9 Å². The zero-order valence-corrected chi connectivity index (χ0v) is 15.5. The van der Waals surface area contributed by atoms with E-state index in [1.54, 1.807) is 0 Å². The smallest absolute Gasteiger partial charge is 0.229 e. The van der Waals surface area contributed by atoms with Crippen molar-refractivity contribution in [1.29, 1.82) is 0 Å². The molecule has 5 nitrogen and oxygen atoms in total. The second-order valence-corrected chi connectivity index (χ2v) is 8.04. The van der Waals surface area contributed by atoms with Crippen LogP contribution >= 0.6 is 11.6 Å². The molecule has 3 heterocycles. The van der Waals surface area contributed by atoms with E-state index in [1.165, 1.54) is 4.90 Å². The molecule has 3 saturated heterocycles. The Kier molecular flexibility index (Phi) is 4.74. The number of likely N-dealkylation sites (tertiary alicyclic amines) is 1. The summed E-state index contributed by atoms with van der Waals surface area (Å²) >= 11 is 6.01. The molecule has 0 radical (unpaired) electrons. The number of rotatable bonds is 4. The number of halogens is 1. The minimum atomic E-state index is -0.0415. The summed E-state index contributed by atoms with van der Waals surface area (Å²) < 4.78 is 0. The van der Waals surface area contributed by atoms with Crippen LogP contribution in [0.5, 0.6) is 0 Å². The second-order valence-electron chi connectivity index (χ2n) is 7.60. The third kappa shape index (κ3) is 3.25. The average molecular weight is 375 g/mol. The first-order valence-corrected chi connectivity index (χ1v) is 9.81. The lowest BCUT2D eigenvalue weighted by molar-refractivity contribution is -0.144. The number of hydrogen-bond donors (Lipinski definition) is 0. The van der Waals surface area contributed by atoms with Crippen molar-refractivity contribution in [1.82, 2.24) is 9.80 Å². The van der Waals surface area contributed by atoms with E-state index in [1.807, 2.05) is 29.2 Å². The van der Waals surface area contributed by atoms with E-state index in [0.29, 0.717) is 30.7 Å². The van der Waals surface area contributed by atoms with E-state index in [2.05, 4.69) is 0 Å². The number of piperidine rings is 1. The monoisotopic (exact) mass is 374 g/mol. The van der Waals surface area contributed by atoms with Crippen LogP contribution in [0.4, 0.5) is 0 Å². The minimum Gasteiger partial charge on any atom is -0.337 e. The maximum atomic E-state index is 12.8. The van der Waals surface area contributed by atoms with Gasteiger partial charge in [0, 0.05) is 42.4 Å².